The fourth-order valence-electron chi connectivity index (χ4n) is 3.16. The van der Waals surface area contributed by atoms with Gasteiger partial charge in [0.15, 0.2) is 0 Å². The average Bonchev–Trinajstić information content (AvgIpc) is 3.12. The number of ether oxygens (including phenoxy) is 1. The van der Waals surface area contributed by atoms with Gasteiger partial charge in [0, 0.05) is 13.1 Å². The first-order valence-electron chi connectivity index (χ1n) is 7.45. The van der Waals surface area contributed by atoms with Gasteiger partial charge in [0.1, 0.15) is 12.6 Å². The Labute approximate surface area is 133 Å². The van der Waals surface area contributed by atoms with Crippen LogP contribution in [0.3, 0.4) is 0 Å². The Balaban J connectivity index is 1.85. The van der Waals surface area contributed by atoms with Crippen molar-refractivity contribution in [2.24, 2.45) is 5.41 Å². The van der Waals surface area contributed by atoms with E-state index in [1.54, 1.807) is 6.92 Å². The molecule has 0 aromatic heterocycles. The molecular weight excluding hydrogens is 300 g/mol. The average molecular weight is 318 g/mol. The number of carbonyl (C=O) groups excluding carboxylic acids is 2. The number of likely N-dealkylation sites (tertiary alicyclic amines) is 1. The van der Waals surface area contributed by atoms with Gasteiger partial charge in [-0.25, -0.2) is 14.5 Å². The summed E-state index contributed by atoms with van der Waals surface area (Å²) in [6.45, 7) is 2.20. The molecule has 3 amide bonds. The van der Waals surface area contributed by atoms with Gasteiger partial charge in [-0.15, -0.1) is 0 Å². The van der Waals surface area contributed by atoms with E-state index in [2.05, 4.69) is 0 Å². The minimum atomic E-state index is -1.05. The monoisotopic (exact) mass is 318 g/mol. The lowest BCUT2D eigenvalue weighted by Crippen LogP contribution is -2.45. The van der Waals surface area contributed by atoms with Gasteiger partial charge in [0.05, 0.1) is 5.41 Å². The van der Waals surface area contributed by atoms with Crippen LogP contribution < -0.4 is 0 Å². The summed E-state index contributed by atoms with van der Waals surface area (Å²) in [5, 5.41) is 9.08. The number of carbonyl (C=O) groups is 3. The van der Waals surface area contributed by atoms with Gasteiger partial charge in [-0.2, -0.15) is 0 Å². The smallest absolute Gasteiger partial charge is 0.417 e. The summed E-state index contributed by atoms with van der Waals surface area (Å²) >= 11 is 0. The molecule has 0 radical (unpaired) electrons. The molecule has 2 heterocycles. The summed E-state index contributed by atoms with van der Waals surface area (Å²) in [6.07, 6.45) is -1.33. The molecule has 3 rings (SSSR count). The van der Waals surface area contributed by atoms with Crippen LogP contribution in [-0.2, 0) is 9.53 Å². The number of hydrogen-bond donors (Lipinski definition) is 1. The number of benzene rings is 1. The summed E-state index contributed by atoms with van der Waals surface area (Å²) in [5.74, 6) is -0.377. The molecule has 1 aromatic carbocycles. The Kier molecular flexibility index (Phi) is 3.71. The second-order valence-electron chi connectivity index (χ2n) is 6.19. The zero-order valence-corrected chi connectivity index (χ0v) is 12.8. The molecule has 23 heavy (non-hydrogen) atoms. The highest BCUT2D eigenvalue weighted by Gasteiger charge is 2.50. The standard InChI is InChI=1S/C16H18N2O5/c1-16(7-8-17(10-16)14(20)21)13(19)18-12(9-23-15(18)22)11-5-3-2-4-6-11/h2-6,12H,7-10H2,1H3,(H,20,21)/t12-,16?/m0/s1. The second-order valence-corrected chi connectivity index (χ2v) is 6.19. The lowest BCUT2D eigenvalue weighted by Gasteiger charge is -2.29. The Morgan fingerprint density at radius 2 is 2.00 bits per heavy atom. The molecule has 0 aliphatic carbocycles. The number of imide groups is 1. The molecule has 1 unspecified atom stereocenters. The van der Waals surface area contributed by atoms with E-state index in [0.29, 0.717) is 6.42 Å². The minimum Gasteiger partial charge on any atom is -0.465 e. The van der Waals surface area contributed by atoms with Crippen LogP contribution in [0.5, 0.6) is 0 Å². The number of hydrogen-bond acceptors (Lipinski definition) is 4. The quantitative estimate of drug-likeness (QED) is 0.902. The van der Waals surface area contributed by atoms with Crippen molar-refractivity contribution in [1.82, 2.24) is 9.80 Å². The highest BCUT2D eigenvalue weighted by molar-refractivity contribution is 5.97. The maximum atomic E-state index is 12.9. The van der Waals surface area contributed by atoms with Crippen LogP contribution >= 0.6 is 0 Å². The van der Waals surface area contributed by atoms with E-state index in [0.717, 1.165) is 10.5 Å². The molecule has 122 valence electrons. The van der Waals surface area contributed by atoms with Gasteiger partial charge < -0.3 is 14.7 Å². The predicted molar refractivity (Wildman–Crippen MR) is 79.7 cm³/mol. The SMILES string of the molecule is CC1(C(=O)N2C(=O)OC[C@H]2c2ccccc2)CCN(C(=O)O)C1. The molecule has 7 heteroatoms. The third kappa shape index (κ3) is 2.62. The third-order valence-corrected chi connectivity index (χ3v) is 4.54. The van der Waals surface area contributed by atoms with Gasteiger partial charge in [0.2, 0.25) is 5.91 Å². The zero-order valence-electron chi connectivity index (χ0n) is 12.8. The Morgan fingerprint density at radius 1 is 1.30 bits per heavy atom. The van der Waals surface area contributed by atoms with Crippen molar-refractivity contribution in [3.05, 3.63) is 35.9 Å². The maximum absolute atomic E-state index is 12.9. The Bertz CT molecular complexity index is 647. The Hall–Kier alpha value is -2.57. The lowest BCUT2D eigenvalue weighted by atomic mass is 9.87. The van der Waals surface area contributed by atoms with Crippen LogP contribution in [0.15, 0.2) is 30.3 Å². The van der Waals surface area contributed by atoms with E-state index in [9.17, 15) is 14.4 Å². The molecule has 2 aliphatic rings. The van der Waals surface area contributed by atoms with Crippen molar-refractivity contribution in [2.75, 3.05) is 19.7 Å². The van der Waals surface area contributed by atoms with E-state index in [1.165, 1.54) is 4.90 Å². The molecule has 2 fully saturated rings. The van der Waals surface area contributed by atoms with E-state index in [4.69, 9.17) is 9.84 Å². The van der Waals surface area contributed by atoms with Crippen molar-refractivity contribution in [3.63, 3.8) is 0 Å². The van der Waals surface area contributed by atoms with Gasteiger partial charge in [-0.05, 0) is 18.9 Å². The molecule has 0 bridgehead atoms. The van der Waals surface area contributed by atoms with Crippen LogP contribution in [0.4, 0.5) is 9.59 Å². The second kappa shape index (κ2) is 5.57. The van der Waals surface area contributed by atoms with Crippen molar-refractivity contribution in [2.45, 2.75) is 19.4 Å². The fraction of sp³-hybridized carbons (Fsp3) is 0.438. The molecule has 1 N–H and O–H groups in total. The summed E-state index contributed by atoms with van der Waals surface area (Å²) in [4.78, 5) is 38.4. The first-order chi connectivity index (χ1) is 10.9. The summed E-state index contributed by atoms with van der Waals surface area (Å²) in [6, 6.07) is 8.75. The highest BCUT2D eigenvalue weighted by atomic mass is 16.6. The van der Waals surface area contributed by atoms with Crippen LogP contribution in [0.25, 0.3) is 0 Å². The summed E-state index contributed by atoms with van der Waals surface area (Å²) in [7, 11) is 0. The first-order valence-corrected chi connectivity index (χ1v) is 7.45. The summed E-state index contributed by atoms with van der Waals surface area (Å²) < 4.78 is 5.07. The Morgan fingerprint density at radius 3 is 2.61 bits per heavy atom. The molecular formula is C16H18N2O5. The van der Waals surface area contributed by atoms with Crippen LogP contribution in [-0.4, -0.2) is 52.7 Å². The topological polar surface area (TPSA) is 87.2 Å². The van der Waals surface area contributed by atoms with Crippen molar-refractivity contribution < 1.29 is 24.2 Å². The molecule has 0 spiro atoms. The van der Waals surface area contributed by atoms with E-state index < -0.39 is 23.6 Å². The first kappa shape index (κ1) is 15.3. The number of rotatable bonds is 2. The highest BCUT2D eigenvalue weighted by Crippen LogP contribution is 2.37. The molecule has 0 saturated carbocycles. The van der Waals surface area contributed by atoms with E-state index >= 15 is 0 Å². The largest absolute Gasteiger partial charge is 0.465 e. The summed E-state index contributed by atoms with van der Waals surface area (Å²) in [5.41, 5.74) is -0.0854. The molecule has 2 aliphatic heterocycles. The zero-order chi connectivity index (χ0) is 16.6. The van der Waals surface area contributed by atoms with Gasteiger partial charge in [-0.3, -0.25) is 4.79 Å². The van der Waals surface area contributed by atoms with Crippen molar-refractivity contribution >= 4 is 18.1 Å². The van der Waals surface area contributed by atoms with Gasteiger partial charge >= 0.3 is 12.2 Å². The van der Waals surface area contributed by atoms with Crippen molar-refractivity contribution in [3.8, 4) is 0 Å². The van der Waals surface area contributed by atoms with E-state index in [1.807, 2.05) is 30.3 Å². The number of carboxylic acid groups (broad SMARTS) is 1. The number of cyclic esters (lactones) is 1. The molecule has 2 atom stereocenters. The number of nitrogens with zero attached hydrogens (tertiary/aromatic N) is 2. The van der Waals surface area contributed by atoms with E-state index in [-0.39, 0.29) is 25.6 Å². The molecule has 1 aromatic rings. The predicted octanol–water partition coefficient (Wildman–Crippen LogP) is 2.10. The fourth-order valence-corrected chi connectivity index (χ4v) is 3.16. The lowest BCUT2D eigenvalue weighted by molar-refractivity contribution is -0.138. The third-order valence-electron chi connectivity index (χ3n) is 4.54. The molecule has 2 saturated heterocycles. The molecule has 7 nitrogen and oxygen atoms in total. The normalized spacial score (nSPS) is 27.2. The van der Waals surface area contributed by atoms with Gasteiger partial charge in [0.25, 0.3) is 0 Å². The maximum Gasteiger partial charge on any atom is 0.417 e. The van der Waals surface area contributed by atoms with Gasteiger partial charge in [-0.1, -0.05) is 30.3 Å². The minimum absolute atomic E-state index is 0.0897. The van der Waals surface area contributed by atoms with Crippen LogP contribution in [0.2, 0.25) is 0 Å². The van der Waals surface area contributed by atoms with Crippen LogP contribution in [0, 0.1) is 5.41 Å². The number of amides is 3. The van der Waals surface area contributed by atoms with Crippen LogP contribution in [0.1, 0.15) is 24.9 Å². The van der Waals surface area contributed by atoms with Crippen molar-refractivity contribution in [1.29, 1.82) is 0 Å².